The molecule has 0 aliphatic carbocycles. The van der Waals surface area contributed by atoms with E-state index in [2.05, 4.69) is 4.99 Å². The van der Waals surface area contributed by atoms with Crippen molar-refractivity contribution in [2.75, 3.05) is 27.8 Å². The van der Waals surface area contributed by atoms with Gasteiger partial charge in [0.15, 0.2) is 18.7 Å². The minimum absolute atomic E-state index is 0.0279. The molecule has 0 aromatic carbocycles. The summed E-state index contributed by atoms with van der Waals surface area (Å²) in [5, 5.41) is 34.2. The number of aliphatic hydroxyl groups excluding tert-OH is 2. The molecule has 4 fully saturated rings. The normalized spacial score (nSPS) is 48.1. The molecule has 324 valence electrons. The third kappa shape index (κ3) is 9.57. The molecule has 4 heterocycles. The summed E-state index contributed by atoms with van der Waals surface area (Å²) in [7, 11) is 5.03. The van der Waals surface area contributed by atoms with Crippen molar-refractivity contribution < 1.29 is 62.8 Å². The maximum atomic E-state index is 14.4. The molecule has 0 aromatic rings. The SMILES string of the molecule is CCN=C1O[C@H]2[C@H](O[C@@H]3[C@@H](C)[C@H](O[C@H]4C[C@@](C)(OC)[C@@H](O)[C@H](C)O4)[C@@H](C)C(=O)O[C@H](CC)[C@@](C)(O)[C@H](O)[C@@H](C)CC(=O)[C@H](C)C[C@@]3(C)OC)O[C@H](C)C[C@@H]2N1C. The van der Waals surface area contributed by atoms with E-state index in [1.165, 1.54) is 14.0 Å². The molecule has 0 spiro atoms. The Labute approximate surface area is 334 Å². The van der Waals surface area contributed by atoms with Crippen LogP contribution < -0.4 is 0 Å². The lowest BCUT2D eigenvalue weighted by Gasteiger charge is -2.49. The highest BCUT2D eigenvalue weighted by atomic mass is 16.7. The number of methoxy groups -OCH3 is 2. The summed E-state index contributed by atoms with van der Waals surface area (Å²) in [6, 6.07) is 0.406. The number of ketones is 1. The smallest absolute Gasteiger partial charge is 0.311 e. The highest BCUT2D eigenvalue weighted by Crippen LogP contribution is 2.42. The van der Waals surface area contributed by atoms with Crippen molar-refractivity contribution in [3.63, 3.8) is 0 Å². The quantitative estimate of drug-likeness (QED) is 0.303. The van der Waals surface area contributed by atoms with Crippen LogP contribution in [0.3, 0.4) is 0 Å². The van der Waals surface area contributed by atoms with Crippen molar-refractivity contribution in [3.05, 3.63) is 0 Å². The van der Waals surface area contributed by atoms with Gasteiger partial charge in [-0.1, -0.05) is 27.7 Å². The molecule has 15 nitrogen and oxygen atoms in total. The Morgan fingerprint density at radius 1 is 0.893 bits per heavy atom. The molecule has 0 radical (unpaired) electrons. The number of rotatable bonds is 8. The van der Waals surface area contributed by atoms with Gasteiger partial charge in [-0.25, -0.2) is 4.99 Å². The third-order valence-electron chi connectivity index (χ3n) is 13.1. The van der Waals surface area contributed by atoms with Crippen LogP contribution >= 0.6 is 0 Å². The number of carbonyl (C=O) groups is 2. The van der Waals surface area contributed by atoms with Gasteiger partial charge in [0, 0.05) is 52.5 Å². The van der Waals surface area contributed by atoms with Crippen LogP contribution in [-0.2, 0) is 47.5 Å². The predicted octanol–water partition coefficient (Wildman–Crippen LogP) is 3.61. The Morgan fingerprint density at radius 2 is 1.54 bits per heavy atom. The molecule has 0 aromatic heterocycles. The Bertz CT molecular complexity index is 1370. The van der Waals surface area contributed by atoms with Crippen molar-refractivity contribution in [2.45, 2.75) is 193 Å². The maximum absolute atomic E-state index is 14.4. The monoisotopic (exact) mass is 801 g/mol. The zero-order valence-corrected chi connectivity index (χ0v) is 36.2. The van der Waals surface area contributed by atoms with E-state index in [1.807, 2.05) is 46.6 Å². The molecule has 0 amide bonds. The first-order valence-electron chi connectivity index (χ1n) is 20.6. The topological polar surface area (TPSA) is 184 Å². The lowest BCUT2D eigenvalue weighted by Crippen LogP contribution is -2.60. The number of hydrogen-bond acceptors (Lipinski definition) is 14. The summed E-state index contributed by atoms with van der Waals surface area (Å²) in [5.41, 5.74) is -4.08. The minimum atomic E-state index is -1.87. The zero-order valence-electron chi connectivity index (χ0n) is 36.2. The average Bonchev–Trinajstić information content (AvgIpc) is 3.46. The number of ether oxygens (including phenoxy) is 8. The van der Waals surface area contributed by atoms with E-state index in [0.29, 0.717) is 19.0 Å². The van der Waals surface area contributed by atoms with Gasteiger partial charge in [-0.2, -0.15) is 0 Å². The van der Waals surface area contributed by atoms with E-state index in [1.54, 1.807) is 41.7 Å². The number of carbonyl (C=O) groups excluding carboxylic acids is 2. The Kier molecular flexibility index (Phi) is 15.5. The maximum Gasteiger partial charge on any atom is 0.311 e. The number of Topliss-reactive ketones (excluding diaryl/α,β-unsaturated/α-hetero) is 1. The van der Waals surface area contributed by atoms with Crippen molar-refractivity contribution in [1.29, 1.82) is 0 Å². The molecule has 0 bridgehead atoms. The van der Waals surface area contributed by atoms with Gasteiger partial charge in [-0.15, -0.1) is 0 Å². The fourth-order valence-corrected chi connectivity index (χ4v) is 9.31. The van der Waals surface area contributed by atoms with Crippen LogP contribution in [0.5, 0.6) is 0 Å². The van der Waals surface area contributed by atoms with Gasteiger partial charge in [0.05, 0.1) is 53.7 Å². The molecule has 18 atom stereocenters. The van der Waals surface area contributed by atoms with Crippen LogP contribution in [0.4, 0.5) is 0 Å². The highest BCUT2D eigenvalue weighted by Gasteiger charge is 2.55. The predicted molar refractivity (Wildman–Crippen MR) is 207 cm³/mol. The van der Waals surface area contributed by atoms with Crippen LogP contribution in [0.1, 0.15) is 108 Å². The van der Waals surface area contributed by atoms with Crippen LogP contribution in [-0.4, -0.2) is 150 Å². The second-order valence-electron chi connectivity index (χ2n) is 17.6. The van der Waals surface area contributed by atoms with E-state index < -0.39 is 102 Å². The van der Waals surface area contributed by atoms with Crippen molar-refractivity contribution >= 4 is 17.8 Å². The van der Waals surface area contributed by atoms with E-state index in [9.17, 15) is 24.9 Å². The molecule has 4 aliphatic heterocycles. The number of nitrogens with zero attached hydrogens (tertiary/aromatic N) is 2. The van der Waals surface area contributed by atoms with Crippen LogP contribution in [0, 0.1) is 23.7 Å². The number of esters is 1. The largest absolute Gasteiger partial charge is 0.459 e. The summed E-state index contributed by atoms with van der Waals surface area (Å²) in [5.74, 6) is -3.70. The molecule has 0 saturated carbocycles. The fraction of sp³-hybridized carbons (Fsp3) is 0.927. The molecule has 0 unspecified atom stereocenters. The Morgan fingerprint density at radius 3 is 2.12 bits per heavy atom. The molecule has 4 aliphatic rings. The molecule has 56 heavy (non-hydrogen) atoms. The number of aliphatic hydroxyl groups is 3. The van der Waals surface area contributed by atoms with Gasteiger partial charge in [-0.3, -0.25) is 9.59 Å². The van der Waals surface area contributed by atoms with Crippen molar-refractivity contribution in [3.8, 4) is 0 Å². The third-order valence-corrected chi connectivity index (χ3v) is 13.1. The fourth-order valence-electron chi connectivity index (χ4n) is 9.31. The molecule has 3 N–H and O–H groups in total. The number of aliphatic imine (C=N–C) groups is 1. The van der Waals surface area contributed by atoms with Gasteiger partial charge in [0.2, 0.25) is 0 Å². The summed E-state index contributed by atoms with van der Waals surface area (Å²) in [6.45, 7) is 20.1. The summed E-state index contributed by atoms with van der Waals surface area (Å²) < 4.78 is 51.3. The number of likely N-dealkylation sites (N-methyl/N-ethyl adjacent to an activating group) is 1. The van der Waals surface area contributed by atoms with E-state index >= 15 is 0 Å². The number of cyclic esters (lactones) is 1. The number of fused-ring (bicyclic) bond motifs is 1. The van der Waals surface area contributed by atoms with E-state index in [4.69, 9.17) is 37.9 Å². The van der Waals surface area contributed by atoms with Gasteiger partial charge >= 0.3 is 5.97 Å². The molecule has 15 heteroatoms. The van der Waals surface area contributed by atoms with Crippen molar-refractivity contribution in [2.24, 2.45) is 28.7 Å². The van der Waals surface area contributed by atoms with Gasteiger partial charge in [0.1, 0.15) is 23.6 Å². The molecular weight excluding hydrogens is 728 g/mol. The first-order valence-corrected chi connectivity index (χ1v) is 20.6. The second-order valence-corrected chi connectivity index (χ2v) is 17.6. The lowest BCUT2D eigenvalue weighted by molar-refractivity contribution is -0.315. The van der Waals surface area contributed by atoms with Crippen molar-refractivity contribution in [1.82, 2.24) is 4.90 Å². The first-order chi connectivity index (χ1) is 26.1. The van der Waals surface area contributed by atoms with Crippen LogP contribution in [0.15, 0.2) is 4.99 Å². The molecular formula is C41H72N2O13. The first kappa shape index (κ1) is 46.7. The molecule has 4 saturated heterocycles. The second kappa shape index (κ2) is 18.5. The summed E-state index contributed by atoms with van der Waals surface area (Å²) in [6.07, 6.45) is -7.39. The van der Waals surface area contributed by atoms with Gasteiger partial charge < -0.3 is 58.1 Å². The summed E-state index contributed by atoms with van der Waals surface area (Å²) in [4.78, 5) is 34.9. The van der Waals surface area contributed by atoms with Gasteiger partial charge in [0.25, 0.3) is 6.02 Å². The highest BCUT2D eigenvalue weighted by molar-refractivity contribution is 5.81. The average molecular weight is 801 g/mol. The standard InChI is InChI=1S/C41H72N2O13/c1-15-29-41(11,48)33(45)21(3)17-28(44)22(4)19-40(10,50-14)35(56-37-32-27(18-23(5)51-37)43(12)38(55-32)42-16-2)24(6)31(25(7)36(47)53-29)54-30-20-39(9,49-13)34(46)26(8)52-30/h21-27,29-35,37,45-46,48H,15-20H2,1-14H3/t21-,22+,23+,24-,25+,26-,27-,29+,30-,31-,32+,33+,34-,35+,37-,39+,40+,41+/m0/s1. The zero-order chi connectivity index (χ0) is 42.1. The Balaban J connectivity index is 1.87. The van der Waals surface area contributed by atoms with E-state index in [0.717, 1.165) is 0 Å². The Hall–Kier alpha value is -1.95. The van der Waals surface area contributed by atoms with Crippen LogP contribution in [0.25, 0.3) is 0 Å². The lowest BCUT2D eigenvalue weighted by atomic mass is 9.76. The minimum Gasteiger partial charge on any atom is -0.459 e. The van der Waals surface area contributed by atoms with Gasteiger partial charge in [-0.05, 0) is 73.6 Å². The van der Waals surface area contributed by atoms with E-state index in [-0.39, 0.29) is 43.6 Å². The number of hydrogen-bond donors (Lipinski definition) is 3. The summed E-state index contributed by atoms with van der Waals surface area (Å²) >= 11 is 0. The van der Waals surface area contributed by atoms with Crippen LogP contribution in [0.2, 0.25) is 0 Å². The number of amidine groups is 1. The molecule has 4 rings (SSSR count).